The number of nitrogens with zero attached hydrogens (tertiary/aromatic N) is 1. The van der Waals surface area contributed by atoms with Crippen molar-refractivity contribution in [2.75, 3.05) is 6.54 Å². The van der Waals surface area contributed by atoms with Gasteiger partial charge in [0.1, 0.15) is 0 Å². The Morgan fingerprint density at radius 2 is 2.12 bits per heavy atom. The molecule has 2 unspecified atom stereocenters. The minimum atomic E-state index is 0.393. The van der Waals surface area contributed by atoms with Crippen molar-refractivity contribution >= 4 is 15.9 Å². The lowest BCUT2D eigenvalue weighted by atomic mass is 10.1. The molecule has 1 aromatic heterocycles. The van der Waals surface area contributed by atoms with Crippen LogP contribution in [0, 0.1) is 11.3 Å². The number of hydrogen-bond acceptors (Lipinski definition) is 2. The summed E-state index contributed by atoms with van der Waals surface area (Å²) in [5, 5.41) is 3.55. The lowest BCUT2D eigenvalue weighted by molar-refractivity contribution is 0.491. The van der Waals surface area contributed by atoms with Gasteiger partial charge in [-0.15, -0.1) is 0 Å². The molecule has 1 saturated carbocycles. The Morgan fingerprint density at radius 1 is 1.41 bits per heavy atom. The molecule has 1 N–H and O–H groups in total. The van der Waals surface area contributed by atoms with Crippen LogP contribution in [0.15, 0.2) is 22.9 Å². The number of nitrogens with one attached hydrogen (secondary N) is 1. The minimum absolute atomic E-state index is 0.393. The van der Waals surface area contributed by atoms with Crippen molar-refractivity contribution in [1.82, 2.24) is 10.3 Å². The maximum absolute atomic E-state index is 4.27. The van der Waals surface area contributed by atoms with E-state index in [4.69, 9.17) is 0 Å². The molecule has 1 fully saturated rings. The van der Waals surface area contributed by atoms with Crippen LogP contribution in [0.5, 0.6) is 0 Å². The van der Waals surface area contributed by atoms with E-state index in [1.54, 1.807) is 0 Å². The number of pyridine rings is 1. The van der Waals surface area contributed by atoms with Gasteiger partial charge >= 0.3 is 0 Å². The van der Waals surface area contributed by atoms with Crippen molar-refractivity contribution in [1.29, 1.82) is 0 Å². The van der Waals surface area contributed by atoms with E-state index in [-0.39, 0.29) is 0 Å². The van der Waals surface area contributed by atoms with Crippen molar-refractivity contribution in [3.05, 3.63) is 28.5 Å². The fraction of sp³-hybridized carbons (Fsp3) is 0.643. The summed E-state index contributed by atoms with van der Waals surface area (Å²) >= 11 is 3.50. The summed E-state index contributed by atoms with van der Waals surface area (Å²) in [7, 11) is 0. The largest absolute Gasteiger partial charge is 0.314 e. The molecule has 2 rings (SSSR count). The molecule has 0 aromatic carbocycles. The summed E-state index contributed by atoms with van der Waals surface area (Å²) in [4.78, 5) is 4.27. The average Bonchev–Trinajstić information content (AvgIpc) is 2.77. The molecule has 3 heteroatoms. The molecule has 1 heterocycles. The van der Waals surface area contributed by atoms with E-state index in [0.717, 1.165) is 16.9 Å². The summed E-state index contributed by atoms with van der Waals surface area (Å²) < 4.78 is 1.08. The maximum atomic E-state index is 4.27. The molecule has 2 atom stereocenters. The van der Waals surface area contributed by atoms with Crippen LogP contribution in [0.4, 0.5) is 0 Å². The summed E-state index contributed by atoms with van der Waals surface area (Å²) in [6.07, 6.45) is 3.85. The Bertz CT molecular complexity index is 401. The SMILES string of the molecule is CC(C)NCC1C(c2cncc(Br)c2)C1(C)C. The maximum Gasteiger partial charge on any atom is 0.0410 e. The van der Waals surface area contributed by atoms with Gasteiger partial charge in [-0.2, -0.15) is 0 Å². The minimum Gasteiger partial charge on any atom is -0.314 e. The van der Waals surface area contributed by atoms with Crippen LogP contribution in [-0.4, -0.2) is 17.6 Å². The van der Waals surface area contributed by atoms with Gasteiger partial charge < -0.3 is 5.32 Å². The van der Waals surface area contributed by atoms with Gasteiger partial charge in [-0.25, -0.2) is 0 Å². The van der Waals surface area contributed by atoms with Gasteiger partial charge in [-0.1, -0.05) is 27.7 Å². The molecule has 0 bridgehead atoms. The molecule has 17 heavy (non-hydrogen) atoms. The fourth-order valence-electron chi connectivity index (χ4n) is 2.75. The predicted octanol–water partition coefficient (Wildman–Crippen LogP) is 3.58. The highest BCUT2D eigenvalue weighted by molar-refractivity contribution is 9.10. The molecule has 0 spiro atoms. The van der Waals surface area contributed by atoms with Crippen molar-refractivity contribution < 1.29 is 0 Å². The standard InChI is InChI=1S/C14H21BrN2/c1-9(2)17-8-12-13(14(12,3)4)10-5-11(15)7-16-6-10/h5-7,9,12-13,17H,8H2,1-4H3. The normalized spacial score (nSPS) is 26.2. The topological polar surface area (TPSA) is 24.9 Å². The Balaban J connectivity index is 2.07. The van der Waals surface area contributed by atoms with Crippen LogP contribution in [0.25, 0.3) is 0 Å². The third-order valence-corrected chi connectivity index (χ3v) is 4.32. The number of halogens is 1. The van der Waals surface area contributed by atoms with Gasteiger partial charge in [-0.05, 0) is 51.4 Å². The molecule has 0 saturated heterocycles. The Labute approximate surface area is 112 Å². The highest BCUT2D eigenvalue weighted by Crippen LogP contribution is 2.64. The second-order valence-electron chi connectivity index (χ2n) is 5.90. The van der Waals surface area contributed by atoms with E-state index < -0.39 is 0 Å². The number of aromatic nitrogens is 1. The van der Waals surface area contributed by atoms with Gasteiger partial charge in [0.05, 0.1) is 0 Å². The van der Waals surface area contributed by atoms with E-state index in [1.165, 1.54) is 5.56 Å². The first kappa shape index (κ1) is 13.0. The number of rotatable bonds is 4. The lowest BCUT2D eigenvalue weighted by Gasteiger charge is -2.08. The van der Waals surface area contributed by atoms with Crippen LogP contribution < -0.4 is 5.32 Å². The van der Waals surface area contributed by atoms with Gasteiger partial charge in [-0.3, -0.25) is 4.98 Å². The second kappa shape index (κ2) is 4.69. The summed E-state index contributed by atoms with van der Waals surface area (Å²) in [6.45, 7) is 10.2. The van der Waals surface area contributed by atoms with Gasteiger partial charge in [0.15, 0.2) is 0 Å². The average molecular weight is 297 g/mol. The molecular formula is C14H21BrN2. The molecular weight excluding hydrogens is 276 g/mol. The highest BCUT2D eigenvalue weighted by atomic mass is 79.9. The van der Waals surface area contributed by atoms with Gasteiger partial charge in [0.2, 0.25) is 0 Å². The first-order valence-electron chi connectivity index (χ1n) is 6.26. The first-order valence-corrected chi connectivity index (χ1v) is 7.06. The Hall–Kier alpha value is -0.410. The van der Waals surface area contributed by atoms with E-state index in [1.807, 2.05) is 12.4 Å². The third kappa shape index (κ3) is 2.71. The molecule has 0 amide bonds. The summed E-state index contributed by atoms with van der Waals surface area (Å²) in [5.41, 5.74) is 1.75. The lowest BCUT2D eigenvalue weighted by Crippen LogP contribution is -2.26. The third-order valence-electron chi connectivity index (χ3n) is 3.88. The smallest absolute Gasteiger partial charge is 0.0410 e. The molecule has 0 aliphatic heterocycles. The summed E-state index contributed by atoms with van der Waals surface area (Å²) in [5.74, 6) is 1.36. The zero-order chi connectivity index (χ0) is 12.6. The molecule has 94 valence electrons. The van der Waals surface area contributed by atoms with Crippen LogP contribution >= 0.6 is 15.9 Å². The highest BCUT2D eigenvalue weighted by Gasteiger charge is 2.57. The Morgan fingerprint density at radius 3 is 2.71 bits per heavy atom. The Kier molecular flexibility index (Phi) is 3.60. The number of hydrogen-bond donors (Lipinski definition) is 1. The molecule has 1 aliphatic carbocycles. The molecule has 2 nitrogen and oxygen atoms in total. The van der Waals surface area contributed by atoms with Crippen LogP contribution in [0.1, 0.15) is 39.2 Å². The van der Waals surface area contributed by atoms with E-state index >= 15 is 0 Å². The fourth-order valence-corrected chi connectivity index (χ4v) is 3.13. The van der Waals surface area contributed by atoms with Crippen molar-refractivity contribution in [2.45, 2.75) is 39.7 Å². The summed E-state index contributed by atoms with van der Waals surface area (Å²) in [6, 6.07) is 2.77. The van der Waals surface area contributed by atoms with Gasteiger partial charge in [0, 0.05) is 22.9 Å². The van der Waals surface area contributed by atoms with Crippen LogP contribution in [-0.2, 0) is 0 Å². The van der Waals surface area contributed by atoms with E-state index in [0.29, 0.717) is 17.4 Å². The van der Waals surface area contributed by atoms with Crippen LogP contribution in [0.2, 0.25) is 0 Å². The van der Waals surface area contributed by atoms with E-state index in [9.17, 15) is 0 Å². The first-order chi connectivity index (χ1) is 7.93. The molecule has 1 aliphatic rings. The zero-order valence-corrected chi connectivity index (χ0v) is 12.6. The molecule has 1 aromatic rings. The second-order valence-corrected chi connectivity index (χ2v) is 6.82. The van der Waals surface area contributed by atoms with Gasteiger partial charge in [0.25, 0.3) is 0 Å². The zero-order valence-electron chi connectivity index (χ0n) is 11.0. The monoisotopic (exact) mass is 296 g/mol. The van der Waals surface area contributed by atoms with Crippen molar-refractivity contribution in [2.24, 2.45) is 11.3 Å². The van der Waals surface area contributed by atoms with Crippen LogP contribution in [0.3, 0.4) is 0 Å². The predicted molar refractivity (Wildman–Crippen MR) is 75.1 cm³/mol. The van der Waals surface area contributed by atoms with E-state index in [2.05, 4.69) is 60.0 Å². The van der Waals surface area contributed by atoms with Crippen molar-refractivity contribution in [3.8, 4) is 0 Å². The quantitative estimate of drug-likeness (QED) is 0.919. The molecule has 0 radical (unpaired) electrons. The van der Waals surface area contributed by atoms with Crippen molar-refractivity contribution in [3.63, 3.8) is 0 Å².